The van der Waals surface area contributed by atoms with Gasteiger partial charge in [-0.25, -0.2) is 9.97 Å². The molecular weight excluding hydrogens is 216 g/mol. The van der Waals surface area contributed by atoms with Crippen LogP contribution in [0.4, 0.5) is 5.82 Å². The molecule has 1 aliphatic rings. The predicted molar refractivity (Wildman–Crippen MR) is 65.7 cm³/mol. The lowest BCUT2D eigenvalue weighted by molar-refractivity contribution is 0.265. The summed E-state index contributed by atoms with van der Waals surface area (Å²) in [6, 6.07) is 2.04. The number of nitrogens with one attached hydrogen (secondary N) is 2. The SMILES string of the molecule is OC[C@H](CC1CC1)Nc1ncnc2[nH]ccc12. The van der Waals surface area contributed by atoms with Crippen LogP contribution in [0.1, 0.15) is 19.3 Å². The van der Waals surface area contributed by atoms with Crippen LogP contribution in [-0.2, 0) is 0 Å². The van der Waals surface area contributed by atoms with Gasteiger partial charge in [0.2, 0.25) is 0 Å². The molecule has 0 saturated heterocycles. The summed E-state index contributed by atoms with van der Waals surface area (Å²) in [7, 11) is 0. The van der Waals surface area contributed by atoms with Gasteiger partial charge in [0.05, 0.1) is 18.0 Å². The normalized spacial score (nSPS) is 17.2. The molecule has 0 amide bonds. The first-order valence-corrected chi connectivity index (χ1v) is 6.02. The zero-order valence-corrected chi connectivity index (χ0v) is 9.56. The van der Waals surface area contributed by atoms with Crippen LogP contribution in [0, 0.1) is 5.92 Å². The van der Waals surface area contributed by atoms with Gasteiger partial charge < -0.3 is 15.4 Å². The second-order valence-electron chi connectivity index (χ2n) is 4.67. The van der Waals surface area contributed by atoms with Gasteiger partial charge in [0.1, 0.15) is 17.8 Å². The summed E-state index contributed by atoms with van der Waals surface area (Å²) in [5, 5.41) is 13.7. The summed E-state index contributed by atoms with van der Waals surface area (Å²) >= 11 is 0. The highest BCUT2D eigenvalue weighted by molar-refractivity contribution is 5.86. The third-order valence-corrected chi connectivity index (χ3v) is 3.23. The van der Waals surface area contributed by atoms with Gasteiger partial charge in [0.25, 0.3) is 0 Å². The van der Waals surface area contributed by atoms with Crippen molar-refractivity contribution in [2.45, 2.75) is 25.3 Å². The van der Waals surface area contributed by atoms with E-state index in [0.29, 0.717) is 0 Å². The molecule has 90 valence electrons. The van der Waals surface area contributed by atoms with E-state index in [0.717, 1.165) is 29.2 Å². The summed E-state index contributed by atoms with van der Waals surface area (Å²) in [6.45, 7) is 0.145. The van der Waals surface area contributed by atoms with Gasteiger partial charge in [-0.1, -0.05) is 12.8 Å². The van der Waals surface area contributed by atoms with Crippen molar-refractivity contribution in [1.82, 2.24) is 15.0 Å². The molecule has 0 unspecified atom stereocenters. The molecule has 0 radical (unpaired) electrons. The lowest BCUT2D eigenvalue weighted by atomic mass is 10.1. The number of H-pyrrole nitrogens is 1. The van der Waals surface area contributed by atoms with Crippen LogP contribution in [0.5, 0.6) is 0 Å². The number of anilines is 1. The molecule has 2 aromatic rings. The van der Waals surface area contributed by atoms with Gasteiger partial charge in [0.15, 0.2) is 0 Å². The van der Waals surface area contributed by atoms with E-state index in [4.69, 9.17) is 0 Å². The van der Waals surface area contributed by atoms with Crippen LogP contribution < -0.4 is 5.32 Å². The Morgan fingerprint density at radius 2 is 2.35 bits per heavy atom. The predicted octanol–water partition coefficient (Wildman–Crippen LogP) is 1.53. The highest BCUT2D eigenvalue weighted by Gasteiger charge is 2.25. The fourth-order valence-electron chi connectivity index (χ4n) is 2.12. The molecule has 17 heavy (non-hydrogen) atoms. The zero-order valence-electron chi connectivity index (χ0n) is 9.56. The minimum Gasteiger partial charge on any atom is -0.394 e. The van der Waals surface area contributed by atoms with Gasteiger partial charge in [-0.05, 0) is 18.4 Å². The van der Waals surface area contributed by atoms with Gasteiger partial charge in [-0.2, -0.15) is 0 Å². The van der Waals surface area contributed by atoms with Crippen LogP contribution >= 0.6 is 0 Å². The largest absolute Gasteiger partial charge is 0.394 e. The topological polar surface area (TPSA) is 73.8 Å². The molecular formula is C12H16N4O. The van der Waals surface area contributed by atoms with Crippen LogP contribution in [0.2, 0.25) is 0 Å². The molecule has 1 aliphatic carbocycles. The average Bonchev–Trinajstić information content (AvgIpc) is 3.03. The molecule has 2 aromatic heterocycles. The van der Waals surface area contributed by atoms with Gasteiger partial charge in [-0.15, -0.1) is 0 Å². The Morgan fingerprint density at radius 3 is 3.12 bits per heavy atom. The lowest BCUT2D eigenvalue weighted by Crippen LogP contribution is -2.25. The van der Waals surface area contributed by atoms with E-state index >= 15 is 0 Å². The second kappa shape index (κ2) is 4.33. The van der Waals surface area contributed by atoms with Crippen molar-refractivity contribution in [2.75, 3.05) is 11.9 Å². The number of rotatable bonds is 5. The number of hydrogen-bond acceptors (Lipinski definition) is 4. The van der Waals surface area contributed by atoms with Crippen molar-refractivity contribution in [3.8, 4) is 0 Å². The summed E-state index contributed by atoms with van der Waals surface area (Å²) in [5.41, 5.74) is 0.825. The second-order valence-corrected chi connectivity index (χ2v) is 4.67. The van der Waals surface area contributed by atoms with Crippen molar-refractivity contribution >= 4 is 16.9 Å². The Labute approximate surface area is 99.3 Å². The minimum atomic E-state index is 0.0931. The molecule has 3 N–H and O–H groups in total. The van der Waals surface area contributed by atoms with E-state index < -0.39 is 0 Å². The van der Waals surface area contributed by atoms with Gasteiger partial charge in [0, 0.05) is 6.20 Å². The molecule has 5 nitrogen and oxygen atoms in total. The molecule has 1 atom stereocenters. The van der Waals surface area contributed by atoms with Crippen molar-refractivity contribution < 1.29 is 5.11 Å². The maximum Gasteiger partial charge on any atom is 0.142 e. The fourth-order valence-corrected chi connectivity index (χ4v) is 2.12. The number of aromatic nitrogens is 3. The number of aromatic amines is 1. The summed E-state index contributed by atoms with van der Waals surface area (Å²) in [5.74, 6) is 1.58. The van der Waals surface area contributed by atoms with Crippen molar-refractivity contribution in [1.29, 1.82) is 0 Å². The molecule has 0 aromatic carbocycles. The fraction of sp³-hybridized carbons (Fsp3) is 0.500. The number of fused-ring (bicyclic) bond motifs is 1. The molecule has 2 heterocycles. The highest BCUT2D eigenvalue weighted by Crippen LogP contribution is 2.34. The van der Waals surface area contributed by atoms with E-state index in [1.165, 1.54) is 19.2 Å². The molecule has 0 spiro atoms. The molecule has 3 rings (SSSR count). The molecule has 1 fully saturated rings. The van der Waals surface area contributed by atoms with Crippen LogP contribution in [0.3, 0.4) is 0 Å². The Hall–Kier alpha value is -1.62. The van der Waals surface area contributed by atoms with Crippen LogP contribution in [-0.4, -0.2) is 32.7 Å². The van der Waals surface area contributed by atoms with Gasteiger partial charge in [-0.3, -0.25) is 0 Å². The molecule has 5 heteroatoms. The van der Waals surface area contributed by atoms with Crippen LogP contribution in [0.25, 0.3) is 11.0 Å². The van der Waals surface area contributed by atoms with E-state index in [9.17, 15) is 5.11 Å². The lowest BCUT2D eigenvalue weighted by Gasteiger charge is -2.16. The monoisotopic (exact) mass is 232 g/mol. The Morgan fingerprint density at radius 1 is 1.47 bits per heavy atom. The summed E-state index contributed by atoms with van der Waals surface area (Å²) in [6.07, 6.45) is 6.99. The van der Waals surface area contributed by atoms with Crippen molar-refractivity contribution in [2.24, 2.45) is 5.92 Å². The minimum absolute atomic E-state index is 0.0931. The van der Waals surface area contributed by atoms with Crippen molar-refractivity contribution in [3.05, 3.63) is 18.6 Å². The van der Waals surface area contributed by atoms with Crippen LogP contribution in [0.15, 0.2) is 18.6 Å². The molecule has 1 saturated carbocycles. The van der Waals surface area contributed by atoms with Crippen molar-refractivity contribution in [3.63, 3.8) is 0 Å². The Kier molecular flexibility index (Phi) is 2.68. The number of aliphatic hydroxyl groups excluding tert-OH is 1. The number of hydrogen-bond donors (Lipinski definition) is 3. The first-order valence-electron chi connectivity index (χ1n) is 6.02. The summed E-state index contributed by atoms with van der Waals surface area (Å²) in [4.78, 5) is 11.4. The number of aliphatic hydroxyl groups is 1. The quantitative estimate of drug-likeness (QED) is 0.731. The highest BCUT2D eigenvalue weighted by atomic mass is 16.3. The molecule has 0 aliphatic heterocycles. The Bertz CT molecular complexity index is 506. The van der Waals surface area contributed by atoms with E-state index in [1.807, 2.05) is 12.3 Å². The third-order valence-electron chi connectivity index (χ3n) is 3.23. The number of nitrogens with zero attached hydrogens (tertiary/aromatic N) is 2. The smallest absolute Gasteiger partial charge is 0.142 e. The van der Waals surface area contributed by atoms with E-state index in [1.54, 1.807) is 0 Å². The Balaban J connectivity index is 1.79. The standard InChI is InChI=1S/C12H16N4O/c17-6-9(5-8-1-2-8)16-12-10-3-4-13-11(10)14-7-15-12/h3-4,7-9,17H,1-2,5-6H2,(H2,13,14,15,16)/t9-/m0/s1. The first-order chi connectivity index (χ1) is 8.36. The molecule has 0 bridgehead atoms. The summed E-state index contributed by atoms with van der Waals surface area (Å²) < 4.78 is 0. The van der Waals surface area contributed by atoms with E-state index in [-0.39, 0.29) is 12.6 Å². The first kappa shape index (κ1) is 10.5. The zero-order chi connectivity index (χ0) is 11.7. The third kappa shape index (κ3) is 2.24. The van der Waals surface area contributed by atoms with E-state index in [2.05, 4.69) is 20.3 Å². The van der Waals surface area contributed by atoms with Gasteiger partial charge >= 0.3 is 0 Å². The maximum atomic E-state index is 9.37. The average molecular weight is 232 g/mol. The maximum absolute atomic E-state index is 9.37.